The van der Waals surface area contributed by atoms with Gasteiger partial charge in [-0.2, -0.15) is 13.2 Å². The second-order valence-corrected chi connectivity index (χ2v) is 9.02. The predicted octanol–water partition coefficient (Wildman–Crippen LogP) is 3.88. The lowest BCUT2D eigenvalue weighted by atomic mass is 9.97. The third-order valence-corrected chi connectivity index (χ3v) is 6.22. The molecule has 0 spiro atoms. The van der Waals surface area contributed by atoms with E-state index in [0.29, 0.717) is 28.3 Å². The number of para-hydroxylation sites is 1. The number of methoxy groups -OCH3 is 1. The lowest BCUT2D eigenvalue weighted by Crippen LogP contribution is -2.48. The van der Waals surface area contributed by atoms with Gasteiger partial charge in [-0.1, -0.05) is 48.5 Å². The average molecular weight is 554 g/mol. The summed E-state index contributed by atoms with van der Waals surface area (Å²) < 4.78 is 44.0. The number of halogens is 3. The molecule has 40 heavy (non-hydrogen) atoms. The van der Waals surface area contributed by atoms with Crippen molar-refractivity contribution < 1.29 is 32.3 Å². The molecule has 2 atom stereocenters. The van der Waals surface area contributed by atoms with Crippen LogP contribution in [0.2, 0.25) is 0 Å². The Morgan fingerprint density at radius 2 is 1.77 bits per heavy atom. The average Bonchev–Trinajstić information content (AvgIpc) is 3.05. The minimum Gasteiger partial charge on any atom is -0.495 e. The van der Waals surface area contributed by atoms with Crippen molar-refractivity contribution in [2.24, 2.45) is 16.6 Å². The summed E-state index contributed by atoms with van der Waals surface area (Å²) in [6.07, 6.45) is -7.29. The minimum atomic E-state index is -4.55. The lowest BCUT2D eigenvalue weighted by molar-refractivity contribution is -0.143. The zero-order valence-electron chi connectivity index (χ0n) is 21.4. The fourth-order valence-corrected chi connectivity index (χ4v) is 4.30. The summed E-state index contributed by atoms with van der Waals surface area (Å²) in [6.45, 7) is 0. The molecule has 3 amide bonds. The van der Waals surface area contributed by atoms with E-state index in [-0.39, 0.29) is 5.82 Å². The first-order valence-electron chi connectivity index (χ1n) is 12.3. The number of nitrogens with zero attached hydrogens (tertiary/aromatic N) is 3. The Labute approximate surface area is 227 Å². The fourth-order valence-electron chi connectivity index (χ4n) is 4.30. The van der Waals surface area contributed by atoms with Crippen LogP contribution < -0.4 is 20.7 Å². The van der Waals surface area contributed by atoms with Crippen LogP contribution in [0.15, 0.2) is 77.9 Å². The number of fused-ring (bicyclic) bond motifs is 1. The number of alkyl halides is 3. The van der Waals surface area contributed by atoms with E-state index in [9.17, 15) is 27.6 Å². The highest BCUT2D eigenvalue weighted by atomic mass is 19.4. The Balaban J connectivity index is 1.80. The second kappa shape index (κ2) is 12.0. The molecule has 2 aromatic carbocycles. The molecular formula is C28H26F3N5O4. The lowest BCUT2D eigenvalue weighted by Gasteiger charge is -2.25. The number of nitrogens with two attached hydrogens (primary N) is 1. The number of nitrogens with one attached hydrogen (secondary N) is 1. The van der Waals surface area contributed by atoms with E-state index in [2.05, 4.69) is 15.3 Å². The van der Waals surface area contributed by atoms with E-state index in [1.54, 1.807) is 66.7 Å². The number of benzodiazepines with no additional fused rings is 1. The first-order valence-corrected chi connectivity index (χ1v) is 12.3. The molecule has 1 aliphatic heterocycles. The number of benzene rings is 2. The highest BCUT2D eigenvalue weighted by Crippen LogP contribution is 2.34. The van der Waals surface area contributed by atoms with Gasteiger partial charge in [0.1, 0.15) is 11.6 Å². The minimum absolute atomic E-state index is 0.202. The van der Waals surface area contributed by atoms with Crippen molar-refractivity contribution in [3.63, 3.8) is 0 Å². The molecule has 0 saturated carbocycles. The number of carbonyl (C=O) groups is 3. The molecule has 208 valence electrons. The van der Waals surface area contributed by atoms with Crippen molar-refractivity contribution in [3.8, 4) is 5.75 Å². The van der Waals surface area contributed by atoms with Gasteiger partial charge in [0.25, 0.3) is 5.91 Å². The third-order valence-electron chi connectivity index (χ3n) is 6.22. The molecule has 12 heteroatoms. The summed E-state index contributed by atoms with van der Waals surface area (Å²) in [7, 11) is 1.47. The van der Waals surface area contributed by atoms with E-state index in [1.807, 2.05) is 0 Å². The van der Waals surface area contributed by atoms with Crippen LogP contribution in [0.1, 0.15) is 30.4 Å². The van der Waals surface area contributed by atoms with Gasteiger partial charge in [0.05, 0.1) is 24.7 Å². The third kappa shape index (κ3) is 6.63. The molecule has 1 aliphatic rings. The van der Waals surface area contributed by atoms with Crippen LogP contribution in [0.5, 0.6) is 5.75 Å². The molecular weight excluding hydrogens is 527 g/mol. The van der Waals surface area contributed by atoms with Crippen molar-refractivity contribution in [2.45, 2.75) is 31.6 Å². The number of pyridine rings is 1. The number of hydrogen-bond donors (Lipinski definition) is 2. The highest BCUT2D eigenvalue weighted by molar-refractivity contribution is 6.21. The second-order valence-electron chi connectivity index (χ2n) is 9.02. The largest absolute Gasteiger partial charge is 0.495 e. The summed E-state index contributed by atoms with van der Waals surface area (Å²) >= 11 is 0. The maximum Gasteiger partial charge on any atom is 0.389 e. The topological polar surface area (TPSA) is 127 Å². The summed E-state index contributed by atoms with van der Waals surface area (Å²) in [5, 5.41) is 2.46. The van der Waals surface area contributed by atoms with E-state index in [4.69, 9.17) is 10.5 Å². The quantitative estimate of drug-likeness (QED) is 0.416. The SMILES string of the molecule is COc1ccc(N2C(=O)[C@@H](NC(=O)[C@H](CCC(F)(F)F)CC(N)=O)N=C(c3ccccc3)c3ccccc32)nc1. The Morgan fingerprint density at radius 1 is 1.07 bits per heavy atom. The molecule has 3 N–H and O–H groups in total. The van der Waals surface area contributed by atoms with Crippen molar-refractivity contribution in [1.29, 1.82) is 0 Å². The van der Waals surface area contributed by atoms with Gasteiger partial charge >= 0.3 is 6.18 Å². The van der Waals surface area contributed by atoms with E-state index in [0.717, 1.165) is 0 Å². The number of anilines is 2. The molecule has 0 saturated heterocycles. The van der Waals surface area contributed by atoms with Gasteiger partial charge in [-0.05, 0) is 24.6 Å². The van der Waals surface area contributed by atoms with E-state index in [1.165, 1.54) is 18.2 Å². The smallest absolute Gasteiger partial charge is 0.389 e. The van der Waals surface area contributed by atoms with Gasteiger partial charge < -0.3 is 15.8 Å². The number of hydrogen-bond acceptors (Lipinski definition) is 6. The van der Waals surface area contributed by atoms with Crippen LogP contribution in [-0.4, -0.2) is 47.9 Å². The Hall–Kier alpha value is -4.74. The van der Waals surface area contributed by atoms with Gasteiger partial charge in [0.15, 0.2) is 0 Å². The molecule has 0 aliphatic carbocycles. The number of ether oxygens (including phenoxy) is 1. The maximum atomic E-state index is 14.0. The molecule has 0 fully saturated rings. The Bertz CT molecular complexity index is 1410. The summed E-state index contributed by atoms with van der Waals surface area (Å²) in [6, 6.07) is 19.0. The van der Waals surface area contributed by atoms with Crippen molar-refractivity contribution in [2.75, 3.05) is 12.0 Å². The van der Waals surface area contributed by atoms with Gasteiger partial charge in [-0.15, -0.1) is 0 Å². The first kappa shape index (κ1) is 28.3. The zero-order valence-corrected chi connectivity index (χ0v) is 21.4. The molecule has 1 aromatic heterocycles. The summed E-state index contributed by atoms with van der Waals surface area (Å²) in [5.74, 6) is -3.37. The Morgan fingerprint density at radius 3 is 2.40 bits per heavy atom. The standard InChI is InChI=1S/C28H26F3N5O4/c1-40-19-11-12-23(33-16-19)36-21-10-6-5-9-20(21)24(17-7-3-2-4-8-17)34-25(27(36)39)35-26(38)18(15-22(32)37)13-14-28(29,30)31/h2-12,16,18,25H,13-15H2,1H3,(H2,32,37)(H,35,38)/t18-,25-/m1/s1. The normalized spacial score (nSPS) is 15.9. The first-order chi connectivity index (χ1) is 19.1. The van der Waals surface area contributed by atoms with Crippen LogP contribution in [0.4, 0.5) is 24.7 Å². The van der Waals surface area contributed by atoms with Gasteiger partial charge in [-0.25, -0.2) is 9.98 Å². The number of rotatable bonds is 9. The van der Waals surface area contributed by atoms with Crippen molar-refractivity contribution in [1.82, 2.24) is 10.3 Å². The van der Waals surface area contributed by atoms with E-state index >= 15 is 0 Å². The monoisotopic (exact) mass is 553 g/mol. The van der Waals surface area contributed by atoms with Crippen LogP contribution in [0, 0.1) is 5.92 Å². The van der Waals surface area contributed by atoms with Crippen LogP contribution in [-0.2, 0) is 14.4 Å². The molecule has 4 rings (SSSR count). The molecule has 9 nitrogen and oxygen atoms in total. The Kier molecular flexibility index (Phi) is 8.46. The molecule has 0 unspecified atom stereocenters. The van der Waals surface area contributed by atoms with Gasteiger partial charge in [-0.3, -0.25) is 19.3 Å². The van der Waals surface area contributed by atoms with Gasteiger partial charge in [0, 0.05) is 29.9 Å². The van der Waals surface area contributed by atoms with Crippen LogP contribution in [0.3, 0.4) is 0 Å². The van der Waals surface area contributed by atoms with Gasteiger partial charge in [0.2, 0.25) is 18.0 Å². The maximum absolute atomic E-state index is 14.0. The van der Waals surface area contributed by atoms with Crippen LogP contribution >= 0.6 is 0 Å². The number of primary amides is 1. The molecule has 0 bridgehead atoms. The fraction of sp³-hybridized carbons (Fsp3) is 0.250. The molecule has 0 radical (unpaired) electrons. The zero-order chi connectivity index (χ0) is 28.9. The van der Waals surface area contributed by atoms with E-state index < -0.39 is 55.2 Å². The number of aromatic nitrogens is 1. The summed E-state index contributed by atoms with van der Waals surface area (Å²) in [4.78, 5) is 49.0. The summed E-state index contributed by atoms with van der Waals surface area (Å²) in [5.41, 5.74) is 7.20. The van der Waals surface area contributed by atoms with Crippen LogP contribution in [0.25, 0.3) is 0 Å². The molecule has 3 aromatic rings. The predicted molar refractivity (Wildman–Crippen MR) is 141 cm³/mol. The number of aliphatic imine (C=N–C) groups is 1. The van der Waals surface area contributed by atoms with Crippen molar-refractivity contribution >= 4 is 34.9 Å². The highest BCUT2D eigenvalue weighted by Gasteiger charge is 2.37. The number of carbonyl (C=O) groups excluding carboxylic acids is 3. The molecule has 2 heterocycles. The number of amides is 3. The van der Waals surface area contributed by atoms with Crippen molar-refractivity contribution in [3.05, 3.63) is 84.1 Å².